The van der Waals surface area contributed by atoms with Gasteiger partial charge in [-0.15, -0.1) is 0 Å². The van der Waals surface area contributed by atoms with Crippen molar-refractivity contribution in [1.29, 1.82) is 0 Å². The van der Waals surface area contributed by atoms with Gasteiger partial charge < -0.3 is 15.1 Å². The predicted molar refractivity (Wildman–Crippen MR) is 86.4 cm³/mol. The van der Waals surface area contributed by atoms with Crippen LogP contribution in [0.3, 0.4) is 0 Å². The van der Waals surface area contributed by atoms with Gasteiger partial charge in [-0.3, -0.25) is 4.90 Å². The lowest BCUT2D eigenvalue weighted by atomic mass is 10.1. The van der Waals surface area contributed by atoms with Gasteiger partial charge in [0, 0.05) is 37.5 Å². The zero-order valence-electron chi connectivity index (χ0n) is 12.8. The molecule has 0 fully saturated rings. The summed E-state index contributed by atoms with van der Waals surface area (Å²) in [7, 11) is 0. The molecule has 1 aliphatic heterocycles. The number of benzene rings is 1. The fourth-order valence-corrected chi connectivity index (χ4v) is 3.03. The highest BCUT2D eigenvalue weighted by Crippen LogP contribution is 2.24. The van der Waals surface area contributed by atoms with Gasteiger partial charge in [0.15, 0.2) is 0 Å². The van der Waals surface area contributed by atoms with Crippen molar-refractivity contribution in [2.45, 2.75) is 26.1 Å². The van der Waals surface area contributed by atoms with Gasteiger partial charge in [0.1, 0.15) is 11.6 Å². The topological polar surface area (TPSA) is 80.8 Å². The van der Waals surface area contributed by atoms with E-state index < -0.39 is 0 Å². The Morgan fingerprint density at radius 1 is 1.30 bits per heavy atom. The van der Waals surface area contributed by atoms with E-state index in [0.717, 1.165) is 54.5 Å². The van der Waals surface area contributed by atoms with Crippen LogP contribution >= 0.6 is 0 Å². The molecule has 1 aromatic carbocycles. The number of nitrogens with zero attached hydrogens (tertiary/aromatic N) is 3. The number of rotatable bonds is 4. The van der Waals surface area contributed by atoms with Gasteiger partial charge in [-0.1, -0.05) is 18.2 Å². The molecule has 3 aromatic rings. The van der Waals surface area contributed by atoms with Crippen LogP contribution in [0.4, 0.5) is 0 Å². The van der Waals surface area contributed by atoms with Gasteiger partial charge in [0.25, 0.3) is 0 Å². The van der Waals surface area contributed by atoms with E-state index in [9.17, 15) is 5.11 Å². The Morgan fingerprint density at radius 2 is 2.26 bits per heavy atom. The van der Waals surface area contributed by atoms with Crippen LogP contribution in [0.25, 0.3) is 11.4 Å². The number of H-pyrrole nitrogens is 2. The third kappa shape index (κ3) is 2.91. The highest BCUT2D eigenvalue weighted by molar-refractivity contribution is 5.57. The number of aliphatic hydroxyl groups excluding tert-OH is 1. The van der Waals surface area contributed by atoms with Crippen LogP contribution < -0.4 is 0 Å². The summed E-state index contributed by atoms with van der Waals surface area (Å²) in [4.78, 5) is 18.0. The first kappa shape index (κ1) is 14.2. The van der Waals surface area contributed by atoms with Gasteiger partial charge in [0.05, 0.1) is 24.5 Å². The minimum absolute atomic E-state index is 0.0468. The number of hydrogen-bond acceptors (Lipinski definition) is 4. The fraction of sp³-hybridized carbons (Fsp3) is 0.294. The van der Waals surface area contributed by atoms with E-state index in [-0.39, 0.29) is 6.61 Å². The Bertz CT molecular complexity index is 793. The molecule has 0 atom stereocenters. The maximum atomic E-state index is 9.28. The first-order valence-corrected chi connectivity index (χ1v) is 7.80. The second kappa shape index (κ2) is 5.98. The molecule has 3 N–H and O–H groups in total. The SMILES string of the molecule is OCc1cccc(-c2nc3c([nH]2)CN(Cc2ncc[nH]2)CC3)c1. The van der Waals surface area contributed by atoms with Gasteiger partial charge >= 0.3 is 0 Å². The largest absolute Gasteiger partial charge is 0.392 e. The number of fused-ring (bicyclic) bond motifs is 1. The standard InChI is InChI=1S/C17H19N5O/c23-11-12-2-1-3-13(8-12)17-20-14-4-7-22(9-15(14)21-17)10-16-18-5-6-19-16/h1-3,5-6,8,23H,4,7,9-11H2,(H,18,19)(H,20,21). The van der Waals surface area contributed by atoms with Crippen LogP contribution in [-0.4, -0.2) is 36.5 Å². The molecule has 23 heavy (non-hydrogen) atoms. The molecule has 1 aliphatic rings. The van der Waals surface area contributed by atoms with Crippen LogP contribution in [0.15, 0.2) is 36.7 Å². The van der Waals surface area contributed by atoms with E-state index in [0.29, 0.717) is 0 Å². The van der Waals surface area contributed by atoms with Crippen LogP contribution in [0.5, 0.6) is 0 Å². The van der Waals surface area contributed by atoms with E-state index in [2.05, 4.69) is 19.9 Å². The van der Waals surface area contributed by atoms with Crippen LogP contribution in [0.1, 0.15) is 22.8 Å². The average Bonchev–Trinajstić information content (AvgIpc) is 3.24. The third-order valence-electron chi connectivity index (χ3n) is 4.22. The first-order chi connectivity index (χ1) is 11.3. The molecular weight excluding hydrogens is 290 g/mol. The number of nitrogens with one attached hydrogen (secondary N) is 2. The Morgan fingerprint density at radius 3 is 3.09 bits per heavy atom. The molecule has 6 heteroatoms. The summed E-state index contributed by atoms with van der Waals surface area (Å²) in [5.74, 6) is 1.87. The zero-order valence-corrected chi connectivity index (χ0v) is 12.8. The van der Waals surface area contributed by atoms with E-state index >= 15 is 0 Å². The highest BCUT2D eigenvalue weighted by Gasteiger charge is 2.21. The maximum absolute atomic E-state index is 9.28. The van der Waals surface area contributed by atoms with Crippen molar-refractivity contribution in [2.24, 2.45) is 0 Å². The summed E-state index contributed by atoms with van der Waals surface area (Å²) < 4.78 is 0. The molecule has 118 valence electrons. The molecule has 0 aliphatic carbocycles. The van der Waals surface area contributed by atoms with Crippen molar-refractivity contribution in [3.63, 3.8) is 0 Å². The lowest BCUT2D eigenvalue weighted by Crippen LogP contribution is -2.30. The number of aromatic nitrogens is 4. The number of aliphatic hydroxyl groups is 1. The Kier molecular flexibility index (Phi) is 3.69. The van der Waals surface area contributed by atoms with Crippen molar-refractivity contribution < 1.29 is 5.11 Å². The maximum Gasteiger partial charge on any atom is 0.137 e. The van der Waals surface area contributed by atoms with Crippen molar-refractivity contribution in [3.05, 3.63) is 59.4 Å². The summed E-state index contributed by atoms with van der Waals surface area (Å²) in [6.07, 6.45) is 4.58. The predicted octanol–water partition coefficient (Wildman–Crippen LogP) is 1.85. The molecule has 0 saturated carbocycles. The molecule has 0 radical (unpaired) electrons. The summed E-state index contributed by atoms with van der Waals surface area (Å²) in [6, 6.07) is 7.86. The lowest BCUT2D eigenvalue weighted by Gasteiger charge is -2.24. The second-order valence-corrected chi connectivity index (χ2v) is 5.87. The van der Waals surface area contributed by atoms with E-state index in [1.165, 1.54) is 5.69 Å². The number of aromatic amines is 2. The van der Waals surface area contributed by atoms with Crippen LogP contribution in [-0.2, 0) is 26.1 Å². The van der Waals surface area contributed by atoms with Crippen molar-refractivity contribution in [3.8, 4) is 11.4 Å². The summed E-state index contributed by atoms with van der Waals surface area (Å²) in [5.41, 5.74) is 4.23. The first-order valence-electron chi connectivity index (χ1n) is 7.80. The molecule has 6 nitrogen and oxygen atoms in total. The van der Waals surface area contributed by atoms with Gasteiger partial charge in [-0.2, -0.15) is 0 Å². The minimum atomic E-state index is 0.0468. The summed E-state index contributed by atoms with van der Waals surface area (Å²) in [5, 5.41) is 9.28. The fourth-order valence-electron chi connectivity index (χ4n) is 3.03. The molecule has 0 spiro atoms. The molecule has 0 bridgehead atoms. The smallest absolute Gasteiger partial charge is 0.137 e. The van der Waals surface area contributed by atoms with Crippen LogP contribution in [0, 0.1) is 0 Å². The highest BCUT2D eigenvalue weighted by atomic mass is 16.3. The Balaban J connectivity index is 1.55. The number of hydrogen-bond donors (Lipinski definition) is 3. The van der Waals surface area contributed by atoms with E-state index in [1.54, 1.807) is 6.20 Å². The van der Waals surface area contributed by atoms with Crippen molar-refractivity contribution >= 4 is 0 Å². The lowest BCUT2D eigenvalue weighted by molar-refractivity contribution is 0.236. The normalized spacial score (nSPS) is 14.8. The second-order valence-electron chi connectivity index (χ2n) is 5.87. The van der Waals surface area contributed by atoms with Crippen molar-refractivity contribution in [2.75, 3.05) is 6.54 Å². The molecule has 2 aromatic heterocycles. The average molecular weight is 309 g/mol. The monoisotopic (exact) mass is 309 g/mol. The van der Waals surface area contributed by atoms with Crippen LogP contribution in [0.2, 0.25) is 0 Å². The van der Waals surface area contributed by atoms with Crippen molar-refractivity contribution in [1.82, 2.24) is 24.8 Å². The third-order valence-corrected chi connectivity index (χ3v) is 4.22. The Hall–Kier alpha value is -2.44. The quantitative estimate of drug-likeness (QED) is 0.687. The summed E-state index contributed by atoms with van der Waals surface area (Å²) >= 11 is 0. The molecule has 0 unspecified atom stereocenters. The molecular formula is C17H19N5O. The number of imidazole rings is 2. The molecule has 3 heterocycles. The van der Waals surface area contributed by atoms with Gasteiger partial charge in [-0.05, 0) is 11.6 Å². The summed E-state index contributed by atoms with van der Waals surface area (Å²) in [6.45, 7) is 2.70. The van der Waals surface area contributed by atoms with E-state index in [4.69, 9.17) is 4.98 Å². The van der Waals surface area contributed by atoms with Gasteiger partial charge in [0.2, 0.25) is 0 Å². The molecule has 4 rings (SSSR count). The van der Waals surface area contributed by atoms with Gasteiger partial charge in [-0.25, -0.2) is 9.97 Å². The minimum Gasteiger partial charge on any atom is -0.392 e. The molecule has 0 amide bonds. The van der Waals surface area contributed by atoms with E-state index in [1.807, 2.05) is 30.5 Å². The zero-order chi connectivity index (χ0) is 15.6. The molecule has 0 saturated heterocycles. The Labute approximate surface area is 134 Å².